The van der Waals surface area contributed by atoms with Gasteiger partial charge in [-0.2, -0.15) is 0 Å². The molecule has 0 radical (unpaired) electrons. The quantitative estimate of drug-likeness (QED) is 0.458. The number of carbonyl (C=O) groups is 1. The van der Waals surface area contributed by atoms with Crippen molar-refractivity contribution in [1.82, 2.24) is 4.57 Å². The lowest BCUT2D eigenvalue weighted by molar-refractivity contribution is -0.139. The molecule has 1 heterocycles. The Balaban J connectivity index is 1.89. The Morgan fingerprint density at radius 2 is 1.92 bits per heavy atom. The highest BCUT2D eigenvalue weighted by Crippen LogP contribution is 2.31. The molecule has 0 spiro atoms. The summed E-state index contributed by atoms with van der Waals surface area (Å²) < 4.78 is 7.18. The first-order valence-corrected chi connectivity index (χ1v) is 9.15. The summed E-state index contributed by atoms with van der Waals surface area (Å²) in [6.45, 7) is 2.92. The number of hydrogen-bond donors (Lipinski definition) is 0. The third-order valence-corrected chi connectivity index (χ3v) is 5.09. The average molecular weight is 360 g/mol. The monoisotopic (exact) mass is 359 g/mol. The van der Waals surface area contributed by atoms with Gasteiger partial charge in [-0.1, -0.05) is 48.0 Å². The highest BCUT2D eigenvalue weighted by atomic mass is 35.5. The minimum absolute atomic E-state index is 0.189. The molecule has 0 bridgehead atoms. The van der Waals surface area contributed by atoms with Crippen molar-refractivity contribution in [3.05, 3.63) is 65.3 Å². The van der Waals surface area contributed by atoms with Gasteiger partial charge >= 0.3 is 5.97 Å². The van der Waals surface area contributed by atoms with Crippen LogP contribution >= 0.6 is 23.4 Å². The van der Waals surface area contributed by atoms with Crippen molar-refractivity contribution in [2.24, 2.45) is 0 Å². The van der Waals surface area contributed by atoms with Gasteiger partial charge in [0, 0.05) is 33.6 Å². The van der Waals surface area contributed by atoms with E-state index in [4.69, 9.17) is 16.3 Å². The Labute approximate surface area is 150 Å². The van der Waals surface area contributed by atoms with Gasteiger partial charge in [-0.3, -0.25) is 4.79 Å². The predicted octanol–water partition coefficient (Wildman–Crippen LogP) is 5.00. The molecular weight excluding hydrogens is 342 g/mol. The first kappa shape index (κ1) is 16.9. The SMILES string of the molecule is CCOC(=O)CSc1cn(Cc2ccccc2Cl)c2ccccc12. The molecule has 3 nitrogen and oxygen atoms in total. The van der Waals surface area contributed by atoms with Crippen molar-refractivity contribution in [2.75, 3.05) is 12.4 Å². The standard InChI is InChI=1S/C19H18ClNO2S/c1-2-23-19(22)13-24-18-12-21(17-10-6-4-8-15(17)18)11-14-7-3-5-9-16(14)20/h3-10,12H,2,11,13H2,1H3. The summed E-state index contributed by atoms with van der Waals surface area (Å²) in [7, 11) is 0. The van der Waals surface area contributed by atoms with Gasteiger partial charge < -0.3 is 9.30 Å². The first-order valence-electron chi connectivity index (χ1n) is 7.78. The lowest BCUT2D eigenvalue weighted by Crippen LogP contribution is -2.06. The third-order valence-electron chi connectivity index (χ3n) is 3.70. The van der Waals surface area contributed by atoms with E-state index in [0.29, 0.717) is 18.9 Å². The van der Waals surface area contributed by atoms with E-state index in [2.05, 4.69) is 22.9 Å². The molecule has 0 saturated carbocycles. The van der Waals surface area contributed by atoms with E-state index < -0.39 is 0 Å². The van der Waals surface area contributed by atoms with Gasteiger partial charge in [0.1, 0.15) is 0 Å². The van der Waals surface area contributed by atoms with E-state index >= 15 is 0 Å². The Bertz CT molecular complexity index is 859. The number of esters is 1. The highest BCUT2D eigenvalue weighted by Gasteiger charge is 2.12. The number of rotatable bonds is 6. The maximum atomic E-state index is 11.6. The molecule has 124 valence electrons. The van der Waals surface area contributed by atoms with Gasteiger partial charge in [0.2, 0.25) is 0 Å². The van der Waals surface area contributed by atoms with Crippen LogP contribution in [0.5, 0.6) is 0 Å². The van der Waals surface area contributed by atoms with Crippen LogP contribution in [0.15, 0.2) is 59.6 Å². The molecule has 1 aromatic heterocycles. The van der Waals surface area contributed by atoms with Crippen LogP contribution in [0.4, 0.5) is 0 Å². The van der Waals surface area contributed by atoms with Crippen LogP contribution in [0.3, 0.4) is 0 Å². The first-order chi connectivity index (χ1) is 11.7. The predicted molar refractivity (Wildman–Crippen MR) is 99.8 cm³/mol. The molecule has 0 fully saturated rings. The summed E-state index contributed by atoms with van der Waals surface area (Å²) in [6.07, 6.45) is 2.08. The molecule has 3 rings (SSSR count). The Morgan fingerprint density at radius 3 is 2.71 bits per heavy atom. The second kappa shape index (κ2) is 7.77. The normalized spacial score (nSPS) is 10.9. The second-order valence-electron chi connectivity index (χ2n) is 5.32. The van der Waals surface area contributed by atoms with Gasteiger partial charge in [0.05, 0.1) is 12.4 Å². The zero-order valence-corrected chi connectivity index (χ0v) is 14.9. The number of fused-ring (bicyclic) bond motifs is 1. The number of hydrogen-bond acceptors (Lipinski definition) is 3. The lowest BCUT2D eigenvalue weighted by atomic mass is 10.2. The number of carbonyl (C=O) groups excluding carboxylic acids is 1. The molecule has 5 heteroatoms. The fraction of sp³-hybridized carbons (Fsp3) is 0.211. The lowest BCUT2D eigenvalue weighted by Gasteiger charge is -2.07. The van der Waals surface area contributed by atoms with Crippen molar-refractivity contribution in [2.45, 2.75) is 18.4 Å². The smallest absolute Gasteiger partial charge is 0.316 e. The molecule has 0 N–H and O–H groups in total. The Hall–Kier alpha value is -1.91. The van der Waals surface area contributed by atoms with Gasteiger partial charge in [0.25, 0.3) is 0 Å². The number of thioether (sulfide) groups is 1. The molecule has 0 atom stereocenters. The topological polar surface area (TPSA) is 31.2 Å². The van der Waals surface area contributed by atoms with Crippen LogP contribution in [-0.4, -0.2) is 22.9 Å². The Kier molecular flexibility index (Phi) is 5.48. The minimum Gasteiger partial charge on any atom is -0.465 e. The Morgan fingerprint density at radius 1 is 1.17 bits per heavy atom. The average Bonchev–Trinajstić information content (AvgIpc) is 2.93. The molecule has 0 aliphatic carbocycles. The van der Waals surface area contributed by atoms with E-state index in [0.717, 1.165) is 26.4 Å². The highest BCUT2D eigenvalue weighted by molar-refractivity contribution is 8.00. The second-order valence-corrected chi connectivity index (χ2v) is 6.75. The summed E-state index contributed by atoms with van der Waals surface area (Å²) >= 11 is 7.80. The van der Waals surface area contributed by atoms with Crippen LogP contribution in [-0.2, 0) is 16.1 Å². The molecule has 3 aromatic rings. The largest absolute Gasteiger partial charge is 0.465 e. The van der Waals surface area contributed by atoms with Gasteiger partial charge in [-0.15, -0.1) is 11.8 Å². The number of para-hydroxylation sites is 1. The summed E-state index contributed by atoms with van der Waals surface area (Å²) in [4.78, 5) is 12.7. The summed E-state index contributed by atoms with van der Waals surface area (Å²) in [5.41, 5.74) is 2.20. The van der Waals surface area contributed by atoms with E-state index in [9.17, 15) is 4.79 Å². The fourth-order valence-corrected chi connectivity index (χ4v) is 3.69. The van der Waals surface area contributed by atoms with Crippen LogP contribution in [0.2, 0.25) is 5.02 Å². The van der Waals surface area contributed by atoms with Gasteiger partial charge in [0.15, 0.2) is 0 Å². The molecule has 0 amide bonds. The summed E-state index contributed by atoms with van der Waals surface area (Å²) in [6, 6.07) is 16.0. The molecule has 0 aliphatic heterocycles. The van der Waals surface area contributed by atoms with Crippen molar-refractivity contribution < 1.29 is 9.53 Å². The van der Waals surface area contributed by atoms with Crippen molar-refractivity contribution in [3.63, 3.8) is 0 Å². The van der Waals surface area contributed by atoms with Crippen LogP contribution < -0.4 is 0 Å². The zero-order chi connectivity index (χ0) is 16.9. The summed E-state index contributed by atoms with van der Waals surface area (Å²) in [5, 5.41) is 1.90. The van der Waals surface area contributed by atoms with Crippen LogP contribution in [0.1, 0.15) is 12.5 Å². The molecule has 0 unspecified atom stereocenters. The van der Waals surface area contributed by atoms with Gasteiger partial charge in [-0.05, 0) is 24.6 Å². The molecule has 2 aromatic carbocycles. The van der Waals surface area contributed by atoms with E-state index in [1.165, 1.54) is 11.8 Å². The van der Waals surface area contributed by atoms with Crippen molar-refractivity contribution in [1.29, 1.82) is 0 Å². The maximum absolute atomic E-state index is 11.6. The third kappa shape index (κ3) is 3.77. The van der Waals surface area contributed by atoms with Gasteiger partial charge in [-0.25, -0.2) is 0 Å². The molecule has 0 saturated heterocycles. The zero-order valence-electron chi connectivity index (χ0n) is 13.4. The summed E-state index contributed by atoms with van der Waals surface area (Å²) in [5.74, 6) is 0.124. The van der Waals surface area contributed by atoms with E-state index in [-0.39, 0.29) is 5.97 Å². The van der Waals surface area contributed by atoms with Crippen molar-refractivity contribution in [3.8, 4) is 0 Å². The number of halogens is 1. The minimum atomic E-state index is -0.189. The van der Waals surface area contributed by atoms with E-state index in [1.54, 1.807) is 0 Å². The number of benzene rings is 2. The van der Waals surface area contributed by atoms with E-state index in [1.807, 2.05) is 43.3 Å². The maximum Gasteiger partial charge on any atom is 0.316 e. The molecule has 0 aliphatic rings. The number of ether oxygens (including phenoxy) is 1. The molecular formula is C19H18ClNO2S. The fourth-order valence-electron chi connectivity index (χ4n) is 2.61. The van der Waals surface area contributed by atoms with Crippen LogP contribution in [0, 0.1) is 0 Å². The number of aromatic nitrogens is 1. The molecule has 24 heavy (non-hydrogen) atoms. The number of nitrogens with zero attached hydrogens (tertiary/aromatic N) is 1. The van der Waals surface area contributed by atoms with Crippen LogP contribution in [0.25, 0.3) is 10.9 Å². The van der Waals surface area contributed by atoms with Crippen molar-refractivity contribution >= 4 is 40.2 Å².